The number of nitrogens with zero attached hydrogens (tertiary/aromatic N) is 2. The largest absolute Gasteiger partial charge is 0.444 e. The van der Waals surface area contributed by atoms with Gasteiger partial charge >= 0.3 is 6.09 Å². The van der Waals surface area contributed by atoms with Gasteiger partial charge in [-0.2, -0.15) is 0 Å². The first-order valence-electron chi connectivity index (χ1n) is 7.80. The summed E-state index contributed by atoms with van der Waals surface area (Å²) >= 11 is 0. The van der Waals surface area contributed by atoms with E-state index in [-0.39, 0.29) is 29.5 Å². The minimum atomic E-state index is -0.478. The van der Waals surface area contributed by atoms with Gasteiger partial charge in [0.2, 0.25) is 5.91 Å². The molecule has 120 valence electrons. The molecule has 2 saturated heterocycles. The third kappa shape index (κ3) is 3.50. The molecule has 2 bridgehead atoms. The highest BCUT2D eigenvalue weighted by molar-refractivity contribution is 5.83. The summed E-state index contributed by atoms with van der Waals surface area (Å²) < 4.78 is 5.45. The summed E-state index contributed by atoms with van der Waals surface area (Å²) in [5.74, 6) is 0.193. The number of hydrogen-bond acceptors (Lipinski definition) is 3. The van der Waals surface area contributed by atoms with Gasteiger partial charge in [0.15, 0.2) is 0 Å². The average Bonchev–Trinajstić information content (AvgIpc) is 2.54. The van der Waals surface area contributed by atoms with E-state index >= 15 is 0 Å². The topological polar surface area (TPSA) is 49.9 Å². The maximum Gasteiger partial charge on any atom is 0.410 e. The van der Waals surface area contributed by atoms with E-state index in [9.17, 15) is 9.59 Å². The summed E-state index contributed by atoms with van der Waals surface area (Å²) in [4.78, 5) is 28.6. The molecule has 0 aliphatic carbocycles. The summed E-state index contributed by atoms with van der Waals surface area (Å²) in [7, 11) is 0. The molecule has 2 heterocycles. The molecule has 2 amide bonds. The lowest BCUT2D eigenvalue weighted by molar-refractivity contribution is -0.145. The van der Waals surface area contributed by atoms with Crippen LogP contribution in [0, 0.1) is 5.41 Å². The molecule has 21 heavy (non-hydrogen) atoms. The van der Waals surface area contributed by atoms with Gasteiger partial charge in [-0.25, -0.2) is 4.79 Å². The van der Waals surface area contributed by atoms with E-state index in [4.69, 9.17) is 4.74 Å². The Balaban J connectivity index is 2.05. The third-order valence-corrected chi connectivity index (χ3v) is 4.01. The highest BCUT2D eigenvalue weighted by Gasteiger charge is 2.46. The van der Waals surface area contributed by atoms with Crippen molar-refractivity contribution < 1.29 is 14.3 Å². The number of rotatable bonds is 0. The second-order valence-corrected chi connectivity index (χ2v) is 8.23. The van der Waals surface area contributed by atoms with E-state index in [0.717, 1.165) is 12.8 Å². The second kappa shape index (κ2) is 5.18. The quantitative estimate of drug-likeness (QED) is 0.690. The van der Waals surface area contributed by atoms with Gasteiger partial charge in [-0.05, 0) is 33.6 Å². The monoisotopic (exact) mass is 296 g/mol. The normalized spacial score (nSPS) is 26.0. The lowest BCUT2D eigenvalue weighted by Gasteiger charge is -2.43. The molecular weight excluding hydrogens is 268 g/mol. The fourth-order valence-corrected chi connectivity index (χ4v) is 3.10. The van der Waals surface area contributed by atoms with Crippen LogP contribution >= 0.6 is 0 Å². The Bertz CT molecular complexity index is 420. The molecule has 2 unspecified atom stereocenters. The van der Waals surface area contributed by atoms with Crippen molar-refractivity contribution >= 4 is 12.0 Å². The zero-order valence-electron chi connectivity index (χ0n) is 14.1. The summed E-state index contributed by atoms with van der Waals surface area (Å²) in [6, 6.07) is 0.283. The Morgan fingerprint density at radius 3 is 1.81 bits per heavy atom. The SMILES string of the molecule is CC(C)(C)OC(=O)N1CC2CCC(C1)N2C(=O)C(C)(C)C. The number of carbonyl (C=O) groups is 2. The number of piperazine rings is 1. The number of amides is 2. The predicted molar refractivity (Wildman–Crippen MR) is 80.9 cm³/mol. The van der Waals surface area contributed by atoms with E-state index < -0.39 is 5.60 Å². The average molecular weight is 296 g/mol. The minimum absolute atomic E-state index is 0.142. The molecule has 0 aromatic rings. The lowest BCUT2D eigenvalue weighted by atomic mass is 9.93. The van der Waals surface area contributed by atoms with Crippen molar-refractivity contribution in [2.45, 2.75) is 72.1 Å². The second-order valence-electron chi connectivity index (χ2n) is 8.23. The van der Waals surface area contributed by atoms with E-state index in [1.165, 1.54) is 0 Å². The van der Waals surface area contributed by atoms with Gasteiger partial charge in [-0.1, -0.05) is 20.8 Å². The number of likely N-dealkylation sites (tertiary alicyclic amines) is 1. The highest BCUT2D eigenvalue weighted by atomic mass is 16.6. The van der Waals surface area contributed by atoms with Crippen molar-refractivity contribution in [3.8, 4) is 0 Å². The molecule has 5 heteroatoms. The van der Waals surface area contributed by atoms with Crippen molar-refractivity contribution in [1.29, 1.82) is 0 Å². The molecule has 0 saturated carbocycles. The van der Waals surface area contributed by atoms with Crippen molar-refractivity contribution in [2.75, 3.05) is 13.1 Å². The summed E-state index contributed by atoms with van der Waals surface area (Å²) in [6.45, 7) is 12.7. The minimum Gasteiger partial charge on any atom is -0.444 e. The van der Waals surface area contributed by atoms with Crippen LogP contribution in [-0.4, -0.2) is 52.6 Å². The zero-order valence-corrected chi connectivity index (χ0v) is 14.1. The molecule has 2 fully saturated rings. The van der Waals surface area contributed by atoms with Crippen molar-refractivity contribution in [3.63, 3.8) is 0 Å². The third-order valence-electron chi connectivity index (χ3n) is 4.01. The van der Waals surface area contributed by atoms with Crippen LogP contribution < -0.4 is 0 Å². The fraction of sp³-hybridized carbons (Fsp3) is 0.875. The van der Waals surface area contributed by atoms with Crippen LogP contribution in [0.2, 0.25) is 0 Å². The summed E-state index contributed by atoms with van der Waals surface area (Å²) in [6.07, 6.45) is 1.69. The van der Waals surface area contributed by atoms with Gasteiger partial charge in [0.05, 0.1) is 0 Å². The molecule has 2 aliphatic heterocycles. The molecular formula is C16H28N2O3. The molecule has 2 rings (SSSR count). The Morgan fingerprint density at radius 1 is 0.952 bits per heavy atom. The molecule has 0 aromatic carbocycles. The maximum absolute atomic E-state index is 12.6. The Morgan fingerprint density at radius 2 is 1.43 bits per heavy atom. The van der Waals surface area contributed by atoms with Gasteiger partial charge in [-0.15, -0.1) is 0 Å². The van der Waals surface area contributed by atoms with Gasteiger partial charge in [-0.3, -0.25) is 4.79 Å². The van der Waals surface area contributed by atoms with Crippen LogP contribution in [0.1, 0.15) is 54.4 Å². The number of ether oxygens (including phenoxy) is 1. The van der Waals surface area contributed by atoms with Crippen LogP contribution in [-0.2, 0) is 9.53 Å². The first-order chi connectivity index (χ1) is 9.49. The van der Waals surface area contributed by atoms with Gasteiger partial charge in [0.25, 0.3) is 0 Å². The summed E-state index contributed by atoms with van der Waals surface area (Å²) in [5, 5.41) is 0. The van der Waals surface area contributed by atoms with Crippen LogP contribution in [0.15, 0.2) is 0 Å². The van der Waals surface area contributed by atoms with E-state index in [0.29, 0.717) is 13.1 Å². The van der Waals surface area contributed by atoms with Crippen molar-refractivity contribution in [1.82, 2.24) is 9.80 Å². The standard InChI is InChI=1S/C16H28N2O3/c1-15(2,3)13(19)18-11-7-8-12(18)10-17(9-11)14(20)21-16(4,5)6/h11-12H,7-10H2,1-6H3. The van der Waals surface area contributed by atoms with Gasteiger partial charge in [0.1, 0.15) is 5.60 Å². The zero-order chi connectivity index (χ0) is 16.0. The van der Waals surface area contributed by atoms with Crippen LogP contribution in [0.5, 0.6) is 0 Å². The Kier molecular flexibility index (Phi) is 3.98. The molecule has 0 N–H and O–H groups in total. The Labute approximate surface area is 127 Å². The summed E-state index contributed by atoms with van der Waals surface area (Å²) in [5.41, 5.74) is -0.844. The molecule has 5 nitrogen and oxygen atoms in total. The highest BCUT2D eigenvalue weighted by Crippen LogP contribution is 2.34. The predicted octanol–water partition coefficient (Wildman–Crippen LogP) is 2.64. The lowest BCUT2D eigenvalue weighted by Crippen LogP contribution is -2.59. The molecule has 0 aromatic heterocycles. The first kappa shape index (κ1) is 16.1. The fourth-order valence-electron chi connectivity index (χ4n) is 3.10. The smallest absolute Gasteiger partial charge is 0.410 e. The van der Waals surface area contributed by atoms with Gasteiger partial charge < -0.3 is 14.5 Å². The molecule has 0 radical (unpaired) electrons. The number of fused-ring (bicyclic) bond motifs is 2. The van der Waals surface area contributed by atoms with E-state index in [1.807, 2.05) is 46.4 Å². The van der Waals surface area contributed by atoms with Crippen molar-refractivity contribution in [2.24, 2.45) is 5.41 Å². The van der Waals surface area contributed by atoms with E-state index in [1.54, 1.807) is 4.90 Å². The molecule has 0 spiro atoms. The van der Waals surface area contributed by atoms with Crippen LogP contribution in [0.3, 0.4) is 0 Å². The van der Waals surface area contributed by atoms with Crippen LogP contribution in [0.25, 0.3) is 0 Å². The number of hydrogen-bond donors (Lipinski definition) is 0. The van der Waals surface area contributed by atoms with Crippen molar-refractivity contribution in [3.05, 3.63) is 0 Å². The Hall–Kier alpha value is -1.26. The molecule has 2 atom stereocenters. The first-order valence-corrected chi connectivity index (χ1v) is 7.80. The molecule has 2 aliphatic rings. The van der Waals surface area contributed by atoms with E-state index in [2.05, 4.69) is 0 Å². The van der Waals surface area contributed by atoms with Crippen LogP contribution in [0.4, 0.5) is 4.79 Å². The maximum atomic E-state index is 12.6. The number of carbonyl (C=O) groups excluding carboxylic acids is 2. The van der Waals surface area contributed by atoms with Gasteiger partial charge in [0, 0.05) is 30.6 Å².